The minimum atomic E-state index is 0.752. The maximum absolute atomic E-state index is 8.80. The number of nitriles is 1. The fourth-order valence-electron chi connectivity index (χ4n) is 1.62. The highest BCUT2D eigenvalue weighted by atomic mass is 15.0. The van der Waals surface area contributed by atoms with Crippen LogP contribution in [0.3, 0.4) is 0 Å². The van der Waals surface area contributed by atoms with Crippen LogP contribution in [0.2, 0.25) is 0 Å². The van der Waals surface area contributed by atoms with Gasteiger partial charge in [-0.15, -0.1) is 0 Å². The highest BCUT2D eigenvalue weighted by Gasteiger charge is 2.05. The molecule has 2 nitrogen and oxygen atoms in total. The molecule has 2 heteroatoms. The van der Waals surface area contributed by atoms with Crippen molar-refractivity contribution in [3.05, 3.63) is 34.4 Å². The van der Waals surface area contributed by atoms with Gasteiger partial charge in [0, 0.05) is 6.54 Å². The molecule has 74 valence electrons. The maximum Gasteiger partial charge on any atom is 0.0991 e. The van der Waals surface area contributed by atoms with Crippen molar-refractivity contribution in [2.24, 2.45) is 0 Å². The van der Waals surface area contributed by atoms with Crippen molar-refractivity contribution >= 4 is 0 Å². The average Bonchev–Trinajstić information content (AvgIpc) is 2.10. The number of hydrogen-bond donors (Lipinski definition) is 0. The summed E-state index contributed by atoms with van der Waals surface area (Å²) >= 11 is 0. The van der Waals surface area contributed by atoms with E-state index < -0.39 is 0 Å². The monoisotopic (exact) mass is 188 g/mol. The fraction of sp³-hybridized carbons (Fsp3) is 0.417. The SMILES string of the molecule is Cc1cc(C#N)cc(C)c1CN(C)C. The molecule has 1 aromatic carbocycles. The molecule has 0 saturated heterocycles. The lowest BCUT2D eigenvalue weighted by molar-refractivity contribution is 0.400. The third-order valence-corrected chi connectivity index (χ3v) is 2.30. The molecule has 0 radical (unpaired) electrons. The third kappa shape index (κ3) is 2.34. The zero-order chi connectivity index (χ0) is 10.7. The number of hydrogen-bond acceptors (Lipinski definition) is 2. The smallest absolute Gasteiger partial charge is 0.0991 e. The highest BCUT2D eigenvalue weighted by molar-refractivity contribution is 5.42. The van der Waals surface area contributed by atoms with Crippen molar-refractivity contribution in [1.82, 2.24) is 4.90 Å². The van der Waals surface area contributed by atoms with Crippen LogP contribution in [0.5, 0.6) is 0 Å². The number of rotatable bonds is 2. The van der Waals surface area contributed by atoms with Gasteiger partial charge in [-0.25, -0.2) is 0 Å². The molecule has 0 atom stereocenters. The van der Waals surface area contributed by atoms with E-state index in [0.717, 1.165) is 12.1 Å². The second-order valence-electron chi connectivity index (χ2n) is 3.94. The second kappa shape index (κ2) is 4.26. The van der Waals surface area contributed by atoms with E-state index in [0.29, 0.717) is 0 Å². The molecule has 0 fully saturated rings. The van der Waals surface area contributed by atoms with Crippen molar-refractivity contribution < 1.29 is 0 Å². The summed E-state index contributed by atoms with van der Waals surface area (Å²) in [5.41, 5.74) is 4.49. The van der Waals surface area contributed by atoms with Gasteiger partial charge in [0.15, 0.2) is 0 Å². The van der Waals surface area contributed by atoms with Gasteiger partial charge in [0.05, 0.1) is 11.6 Å². The summed E-state index contributed by atoms with van der Waals surface area (Å²) < 4.78 is 0. The summed E-state index contributed by atoms with van der Waals surface area (Å²) in [5.74, 6) is 0. The van der Waals surface area contributed by atoms with Gasteiger partial charge in [0.2, 0.25) is 0 Å². The Labute approximate surface area is 85.8 Å². The van der Waals surface area contributed by atoms with Gasteiger partial charge in [0.1, 0.15) is 0 Å². The maximum atomic E-state index is 8.80. The molecular weight excluding hydrogens is 172 g/mol. The molecule has 0 heterocycles. The molecule has 0 bridgehead atoms. The molecule has 0 unspecified atom stereocenters. The van der Waals surface area contributed by atoms with Crippen LogP contribution < -0.4 is 0 Å². The minimum absolute atomic E-state index is 0.752. The lowest BCUT2D eigenvalue weighted by Gasteiger charge is -2.15. The van der Waals surface area contributed by atoms with Crippen molar-refractivity contribution in [2.75, 3.05) is 14.1 Å². The van der Waals surface area contributed by atoms with E-state index in [2.05, 4.69) is 38.9 Å². The Morgan fingerprint density at radius 1 is 1.21 bits per heavy atom. The molecule has 0 amide bonds. The molecule has 0 aliphatic carbocycles. The van der Waals surface area contributed by atoms with E-state index in [4.69, 9.17) is 5.26 Å². The van der Waals surface area contributed by atoms with Crippen LogP contribution in [-0.2, 0) is 6.54 Å². The molecule has 0 aromatic heterocycles. The molecule has 0 aliphatic heterocycles. The molecule has 14 heavy (non-hydrogen) atoms. The van der Waals surface area contributed by atoms with E-state index in [-0.39, 0.29) is 0 Å². The standard InChI is InChI=1S/C12H16N2/c1-9-5-11(7-13)6-10(2)12(9)8-14(3)4/h5-6H,8H2,1-4H3. The van der Waals surface area contributed by atoms with Crippen molar-refractivity contribution in [3.8, 4) is 6.07 Å². The Balaban J connectivity index is 3.13. The van der Waals surface area contributed by atoms with Crippen molar-refractivity contribution in [2.45, 2.75) is 20.4 Å². The molecule has 0 saturated carbocycles. The van der Waals surface area contributed by atoms with Gasteiger partial charge < -0.3 is 4.90 Å². The largest absolute Gasteiger partial charge is 0.305 e. The first-order chi connectivity index (χ1) is 6.54. The summed E-state index contributed by atoms with van der Waals surface area (Å²) in [5, 5.41) is 8.80. The average molecular weight is 188 g/mol. The van der Waals surface area contributed by atoms with Crippen LogP contribution in [0.1, 0.15) is 22.3 Å². The van der Waals surface area contributed by atoms with E-state index in [1.54, 1.807) is 0 Å². The Kier molecular flexibility index (Phi) is 3.27. The van der Waals surface area contributed by atoms with Crippen LogP contribution in [0.15, 0.2) is 12.1 Å². The fourth-order valence-corrected chi connectivity index (χ4v) is 1.62. The number of benzene rings is 1. The van der Waals surface area contributed by atoms with Crippen molar-refractivity contribution in [1.29, 1.82) is 5.26 Å². The molecule has 1 rings (SSSR count). The Morgan fingerprint density at radius 3 is 2.07 bits per heavy atom. The van der Waals surface area contributed by atoms with Gasteiger partial charge in [-0.3, -0.25) is 0 Å². The van der Waals surface area contributed by atoms with Crippen LogP contribution >= 0.6 is 0 Å². The Morgan fingerprint density at radius 2 is 1.71 bits per heavy atom. The quantitative estimate of drug-likeness (QED) is 0.711. The van der Waals surface area contributed by atoms with Crippen LogP contribution in [0.4, 0.5) is 0 Å². The normalized spacial score (nSPS) is 10.3. The topological polar surface area (TPSA) is 27.0 Å². The molecule has 0 spiro atoms. The zero-order valence-corrected chi connectivity index (χ0v) is 9.26. The molecule has 1 aromatic rings. The summed E-state index contributed by atoms with van der Waals surface area (Å²) in [6.07, 6.45) is 0. The molecule has 0 N–H and O–H groups in total. The lowest BCUT2D eigenvalue weighted by Crippen LogP contribution is -2.13. The lowest BCUT2D eigenvalue weighted by atomic mass is 9.99. The first kappa shape index (κ1) is 10.7. The molecular formula is C12H16N2. The van der Waals surface area contributed by atoms with E-state index in [9.17, 15) is 0 Å². The Bertz CT molecular complexity index is 349. The van der Waals surface area contributed by atoms with Crippen molar-refractivity contribution in [3.63, 3.8) is 0 Å². The summed E-state index contributed by atoms with van der Waals surface area (Å²) in [6, 6.07) is 6.08. The summed E-state index contributed by atoms with van der Waals surface area (Å²) in [4.78, 5) is 2.14. The first-order valence-electron chi connectivity index (χ1n) is 4.69. The highest BCUT2D eigenvalue weighted by Crippen LogP contribution is 2.17. The van der Waals surface area contributed by atoms with Crippen LogP contribution in [0, 0.1) is 25.2 Å². The predicted molar refractivity (Wildman–Crippen MR) is 58.0 cm³/mol. The third-order valence-electron chi connectivity index (χ3n) is 2.30. The van der Waals surface area contributed by atoms with E-state index >= 15 is 0 Å². The minimum Gasteiger partial charge on any atom is -0.305 e. The van der Waals surface area contributed by atoms with Crippen LogP contribution in [-0.4, -0.2) is 19.0 Å². The summed E-state index contributed by atoms with van der Waals surface area (Å²) in [7, 11) is 4.11. The summed E-state index contributed by atoms with van der Waals surface area (Å²) in [6.45, 7) is 5.06. The van der Waals surface area contributed by atoms with Gasteiger partial charge in [0.25, 0.3) is 0 Å². The van der Waals surface area contributed by atoms with Gasteiger partial charge in [-0.05, 0) is 56.8 Å². The Hall–Kier alpha value is -1.33. The van der Waals surface area contributed by atoms with E-state index in [1.807, 2.05) is 12.1 Å². The predicted octanol–water partition coefficient (Wildman–Crippen LogP) is 2.24. The molecule has 0 aliphatic rings. The first-order valence-corrected chi connectivity index (χ1v) is 4.69. The van der Waals surface area contributed by atoms with Gasteiger partial charge >= 0.3 is 0 Å². The number of nitrogens with zero attached hydrogens (tertiary/aromatic N) is 2. The van der Waals surface area contributed by atoms with E-state index in [1.165, 1.54) is 16.7 Å². The van der Waals surface area contributed by atoms with Crippen LogP contribution in [0.25, 0.3) is 0 Å². The van der Waals surface area contributed by atoms with Gasteiger partial charge in [-0.1, -0.05) is 0 Å². The zero-order valence-electron chi connectivity index (χ0n) is 9.26. The number of aryl methyl sites for hydroxylation is 2. The second-order valence-corrected chi connectivity index (χ2v) is 3.94. The van der Waals surface area contributed by atoms with Gasteiger partial charge in [-0.2, -0.15) is 5.26 Å².